The van der Waals surface area contributed by atoms with Gasteiger partial charge >= 0.3 is 0 Å². The first kappa shape index (κ1) is 10.5. The molecular formula is C13H14N2O. The lowest BCUT2D eigenvalue weighted by Crippen LogP contribution is -2.14. The Morgan fingerprint density at radius 3 is 2.62 bits per heavy atom. The minimum absolute atomic E-state index is 0.0293. The molecule has 16 heavy (non-hydrogen) atoms. The Bertz CT molecular complexity index is 585. The number of hydrogen-bond donors (Lipinski definition) is 1. The van der Waals surface area contributed by atoms with Crippen LogP contribution in [0.25, 0.3) is 11.1 Å². The lowest BCUT2D eigenvalue weighted by molar-refractivity contribution is 0.861. The summed E-state index contributed by atoms with van der Waals surface area (Å²) in [5, 5.41) is 0. The second-order valence-electron chi connectivity index (χ2n) is 3.96. The number of anilines is 1. The lowest BCUT2D eigenvalue weighted by Gasteiger charge is -2.07. The normalized spacial score (nSPS) is 10.4. The van der Waals surface area contributed by atoms with Crippen molar-refractivity contribution in [1.82, 2.24) is 4.57 Å². The van der Waals surface area contributed by atoms with E-state index < -0.39 is 0 Å². The summed E-state index contributed by atoms with van der Waals surface area (Å²) in [5.74, 6) is 0. The highest BCUT2D eigenvalue weighted by Gasteiger charge is 2.03. The maximum absolute atomic E-state index is 11.5. The fourth-order valence-corrected chi connectivity index (χ4v) is 1.64. The first-order valence-corrected chi connectivity index (χ1v) is 5.11. The zero-order valence-electron chi connectivity index (χ0n) is 9.40. The molecule has 0 spiro atoms. The Morgan fingerprint density at radius 1 is 1.19 bits per heavy atom. The number of nitrogen functional groups attached to an aromatic ring is 1. The number of pyridine rings is 1. The maximum Gasteiger partial charge on any atom is 0.250 e. The smallest absolute Gasteiger partial charge is 0.250 e. The number of nitrogens with zero attached hydrogens (tertiary/aromatic N) is 1. The van der Waals surface area contributed by atoms with Crippen molar-refractivity contribution < 1.29 is 0 Å². The van der Waals surface area contributed by atoms with E-state index in [1.807, 2.05) is 31.2 Å². The van der Waals surface area contributed by atoms with E-state index in [2.05, 4.69) is 0 Å². The summed E-state index contributed by atoms with van der Waals surface area (Å²) in [6, 6.07) is 9.31. The average molecular weight is 214 g/mol. The van der Waals surface area contributed by atoms with Crippen LogP contribution in [0.5, 0.6) is 0 Å². The molecule has 82 valence electrons. The van der Waals surface area contributed by atoms with Gasteiger partial charge in [0.15, 0.2) is 0 Å². The third-order valence-corrected chi connectivity index (χ3v) is 2.62. The summed E-state index contributed by atoms with van der Waals surface area (Å²) in [7, 11) is 1.73. The molecule has 2 rings (SSSR count). The van der Waals surface area contributed by atoms with Crippen LogP contribution in [0.15, 0.2) is 41.3 Å². The quantitative estimate of drug-likeness (QED) is 0.737. The van der Waals surface area contributed by atoms with Gasteiger partial charge in [-0.2, -0.15) is 0 Å². The predicted octanol–water partition coefficient (Wildman–Crippen LogP) is 1.94. The predicted molar refractivity (Wildman–Crippen MR) is 66.3 cm³/mol. The molecule has 1 heterocycles. The summed E-state index contributed by atoms with van der Waals surface area (Å²) in [6.07, 6.45) is 1.75. The van der Waals surface area contributed by atoms with Crippen molar-refractivity contribution in [1.29, 1.82) is 0 Å². The second-order valence-corrected chi connectivity index (χ2v) is 3.96. The zero-order chi connectivity index (χ0) is 11.7. The molecule has 0 amide bonds. The molecule has 1 aromatic carbocycles. The Balaban J connectivity index is 2.63. The minimum atomic E-state index is -0.0293. The summed E-state index contributed by atoms with van der Waals surface area (Å²) in [4.78, 5) is 11.5. The Morgan fingerprint density at radius 2 is 1.94 bits per heavy atom. The van der Waals surface area contributed by atoms with Crippen molar-refractivity contribution in [2.45, 2.75) is 6.92 Å². The Hall–Kier alpha value is -2.03. The lowest BCUT2D eigenvalue weighted by atomic mass is 10.0. The number of aromatic nitrogens is 1. The first-order valence-electron chi connectivity index (χ1n) is 5.11. The van der Waals surface area contributed by atoms with Crippen molar-refractivity contribution in [2.75, 3.05) is 5.73 Å². The van der Waals surface area contributed by atoms with Gasteiger partial charge in [0.1, 0.15) is 0 Å². The Labute approximate surface area is 94.1 Å². The third-order valence-electron chi connectivity index (χ3n) is 2.62. The number of benzene rings is 1. The highest BCUT2D eigenvalue weighted by atomic mass is 16.1. The van der Waals surface area contributed by atoms with E-state index in [4.69, 9.17) is 5.73 Å². The van der Waals surface area contributed by atoms with Gasteiger partial charge in [-0.1, -0.05) is 11.6 Å². The van der Waals surface area contributed by atoms with Gasteiger partial charge in [0.25, 0.3) is 5.56 Å². The van der Waals surface area contributed by atoms with E-state index in [-0.39, 0.29) is 5.56 Å². The highest BCUT2D eigenvalue weighted by Crippen LogP contribution is 2.25. The SMILES string of the molecule is Cc1ccc(N)c(-c2ccn(C)c(=O)c2)c1. The van der Waals surface area contributed by atoms with Crippen LogP contribution >= 0.6 is 0 Å². The molecule has 0 aliphatic carbocycles. The summed E-state index contributed by atoms with van der Waals surface area (Å²) < 4.78 is 1.54. The van der Waals surface area contributed by atoms with Crippen LogP contribution in [0.2, 0.25) is 0 Å². The second kappa shape index (κ2) is 3.85. The molecule has 3 nitrogen and oxygen atoms in total. The van der Waals surface area contributed by atoms with Crippen molar-refractivity contribution in [2.24, 2.45) is 7.05 Å². The molecule has 0 aliphatic heterocycles. The van der Waals surface area contributed by atoms with Crippen molar-refractivity contribution in [3.8, 4) is 11.1 Å². The molecule has 0 bridgehead atoms. The molecule has 1 aromatic heterocycles. The van der Waals surface area contributed by atoms with Crippen LogP contribution < -0.4 is 11.3 Å². The zero-order valence-corrected chi connectivity index (χ0v) is 9.40. The summed E-state index contributed by atoms with van der Waals surface area (Å²) in [5.41, 5.74) is 9.47. The van der Waals surface area contributed by atoms with Crippen LogP contribution in [0.4, 0.5) is 5.69 Å². The van der Waals surface area contributed by atoms with Crippen molar-refractivity contribution in [3.63, 3.8) is 0 Å². The molecule has 0 radical (unpaired) electrons. The van der Waals surface area contributed by atoms with E-state index in [9.17, 15) is 4.79 Å². The van der Waals surface area contributed by atoms with E-state index in [0.29, 0.717) is 5.69 Å². The average Bonchev–Trinajstić information content (AvgIpc) is 2.26. The van der Waals surface area contributed by atoms with Crippen LogP contribution in [0, 0.1) is 6.92 Å². The molecular weight excluding hydrogens is 200 g/mol. The molecule has 0 unspecified atom stereocenters. The molecule has 0 fully saturated rings. The number of nitrogens with two attached hydrogens (primary N) is 1. The molecule has 2 aromatic rings. The van der Waals surface area contributed by atoms with Crippen LogP contribution in [0.3, 0.4) is 0 Å². The van der Waals surface area contributed by atoms with Gasteiger partial charge in [-0.15, -0.1) is 0 Å². The molecule has 3 heteroatoms. The van der Waals surface area contributed by atoms with Crippen molar-refractivity contribution in [3.05, 3.63) is 52.4 Å². The molecule has 0 atom stereocenters. The fraction of sp³-hybridized carbons (Fsp3) is 0.154. The molecule has 2 N–H and O–H groups in total. The topological polar surface area (TPSA) is 48.0 Å². The standard InChI is InChI=1S/C13H14N2O/c1-9-3-4-12(14)11(7-9)10-5-6-15(2)13(16)8-10/h3-8H,14H2,1-2H3. The van der Waals surface area contributed by atoms with Crippen molar-refractivity contribution >= 4 is 5.69 Å². The maximum atomic E-state index is 11.5. The number of aryl methyl sites for hydroxylation is 2. The minimum Gasteiger partial charge on any atom is -0.398 e. The van der Waals surface area contributed by atoms with Crippen LogP contribution in [-0.2, 0) is 7.05 Å². The van der Waals surface area contributed by atoms with Gasteiger partial charge in [0.2, 0.25) is 0 Å². The van der Waals surface area contributed by atoms with Gasteiger partial charge in [-0.05, 0) is 30.7 Å². The Kier molecular flexibility index (Phi) is 2.52. The monoisotopic (exact) mass is 214 g/mol. The van der Waals surface area contributed by atoms with Crippen LogP contribution in [0.1, 0.15) is 5.56 Å². The highest BCUT2D eigenvalue weighted by molar-refractivity contribution is 5.76. The van der Waals surface area contributed by atoms with E-state index >= 15 is 0 Å². The van der Waals surface area contributed by atoms with Crippen LogP contribution in [-0.4, -0.2) is 4.57 Å². The number of rotatable bonds is 1. The summed E-state index contributed by atoms with van der Waals surface area (Å²) in [6.45, 7) is 2.00. The third kappa shape index (κ3) is 1.84. The largest absolute Gasteiger partial charge is 0.398 e. The van der Waals surface area contributed by atoms with Gasteiger partial charge in [0.05, 0.1) is 0 Å². The van der Waals surface area contributed by atoms with Gasteiger partial charge in [-0.3, -0.25) is 4.79 Å². The fourth-order valence-electron chi connectivity index (χ4n) is 1.64. The molecule has 0 saturated carbocycles. The summed E-state index contributed by atoms with van der Waals surface area (Å²) >= 11 is 0. The van der Waals surface area contributed by atoms with Gasteiger partial charge in [0, 0.05) is 30.6 Å². The van der Waals surface area contributed by atoms with E-state index in [0.717, 1.165) is 16.7 Å². The number of hydrogen-bond acceptors (Lipinski definition) is 2. The van der Waals surface area contributed by atoms with E-state index in [1.54, 1.807) is 19.3 Å². The van der Waals surface area contributed by atoms with Gasteiger partial charge in [-0.25, -0.2) is 0 Å². The first-order chi connectivity index (χ1) is 7.58. The van der Waals surface area contributed by atoms with E-state index in [1.165, 1.54) is 4.57 Å². The molecule has 0 saturated heterocycles. The van der Waals surface area contributed by atoms with Gasteiger partial charge < -0.3 is 10.3 Å². The molecule has 0 aliphatic rings.